The van der Waals surface area contributed by atoms with Crippen LogP contribution < -0.4 is 0 Å². The first-order valence-corrected chi connectivity index (χ1v) is 38.1. The van der Waals surface area contributed by atoms with Crippen LogP contribution in [0.5, 0.6) is 0 Å². The smallest absolute Gasteiger partial charge is 0.101 e. The molecule has 0 aliphatic carbocycles. The highest BCUT2D eigenvalue weighted by molar-refractivity contribution is 6.15. The van der Waals surface area contributed by atoms with Crippen molar-refractivity contribution >= 4 is 87.2 Å². The molecule has 4 aromatic heterocycles. The third-order valence-electron chi connectivity index (χ3n) is 22.9. The third-order valence-corrected chi connectivity index (χ3v) is 22.9. The Morgan fingerprint density at radius 2 is 0.386 bits per heavy atom. The maximum atomic E-state index is 10.4. The van der Waals surface area contributed by atoms with Crippen molar-refractivity contribution in [2.45, 2.75) is 0 Å². The lowest BCUT2D eigenvalue weighted by atomic mass is 9.84. The van der Waals surface area contributed by atoms with E-state index in [-0.39, 0.29) is 0 Å². The van der Waals surface area contributed by atoms with Gasteiger partial charge in [0.15, 0.2) is 0 Å². The van der Waals surface area contributed by atoms with Gasteiger partial charge in [-0.1, -0.05) is 206 Å². The molecule has 0 aliphatic rings. The standard InChI is InChI=1S/C106H62N8/c107-63-79-41-39-69(53-81(79)65-109)67-19-15-21-75(51-67)91-62-94(78-24-18-30-86(56-78)114-102-38-14-10-34-90(102)98-60-74(46-50-106(98)114)72-44-48-104-96(58-72)88-32-8-12-36-100(88)112(104)84-27-5-2-6-28-84)92(76-22-16-20-68(52-76)70-40-42-80(64-108)82(54-70)66-110)61-93(91)77-23-17-29-85(55-77)113-101-37-13-9-33-89(101)97-59-73(45-49-105(97)113)71-43-47-103-95(57-71)87-31-7-11-35-99(87)111(103)83-25-3-1-4-26-83/h1-62H. The lowest BCUT2D eigenvalue weighted by molar-refractivity contribution is 1.18. The molecule has 4 heterocycles. The molecule has 0 bridgehead atoms. The summed E-state index contributed by atoms with van der Waals surface area (Å²) in [5.74, 6) is 0. The summed E-state index contributed by atoms with van der Waals surface area (Å²) in [6, 6.07) is 143. The average molecular weight is 1450 g/mol. The first-order valence-electron chi connectivity index (χ1n) is 38.1. The zero-order valence-electron chi connectivity index (χ0n) is 61.4. The maximum Gasteiger partial charge on any atom is 0.101 e. The maximum absolute atomic E-state index is 10.4. The van der Waals surface area contributed by atoms with Crippen molar-refractivity contribution in [2.75, 3.05) is 0 Å². The van der Waals surface area contributed by atoms with Gasteiger partial charge in [-0.15, -0.1) is 0 Å². The largest absolute Gasteiger partial charge is 0.309 e. The monoisotopic (exact) mass is 1450 g/mol. The number of fused-ring (bicyclic) bond motifs is 12. The van der Waals surface area contributed by atoms with Crippen LogP contribution in [-0.2, 0) is 0 Å². The zero-order chi connectivity index (χ0) is 76.1. The number of nitriles is 4. The molecule has 0 amide bonds. The predicted molar refractivity (Wildman–Crippen MR) is 466 cm³/mol. The fourth-order valence-corrected chi connectivity index (χ4v) is 17.6. The quantitative estimate of drug-likeness (QED) is 0.121. The Labute approximate surface area is 656 Å². The lowest BCUT2D eigenvalue weighted by Gasteiger charge is -2.20. The molecule has 0 saturated carbocycles. The molecule has 0 saturated heterocycles. The molecule has 0 unspecified atom stereocenters. The number of aromatic nitrogens is 4. The van der Waals surface area contributed by atoms with Crippen LogP contribution in [0.15, 0.2) is 376 Å². The first kappa shape index (κ1) is 66.1. The zero-order valence-corrected chi connectivity index (χ0v) is 61.4. The summed E-state index contributed by atoms with van der Waals surface area (Å²) in [4.78, 5) is 0. The molecular formula is C106H62N8. The summed E-state index contributed by atoms with van der Waals surface area (Å²) >= 11 is 0. The highest BCUT2D eigenvalue weighted by Gasteiger charge is 2.24. The highest BCUT2D eigenvalue weighted by atomic mass is 15.0. The molecule has 0 radical (unpaired) electrons. The van der Waals surface area contributed by atoms with Crippen molar-refractivity contribution in [3.8, 4) is 136 Å². The van der Waals surface area contributed by atoms with E-state index in [4.69, 9.17) is 0 Å². The van der Waals surface area contributed by atoms with Crippen LogP contribution in [0.2, 0.25) is 0 Å². The lowest BCUT2D eigenvalue weighted by Crippen LogP contribution is -1.97. The minimum absolute atomic E-state index is 0.313. The van der Waals surface area contributed by atoms with Crippen LogP contribution >= 0.6 is 0 Å². The Balaban J connectivity index is 0.748. The molecule has 0 spiro atoms. The summed E-state index contributed by atoms with van der Waals surface area (Å²) in [7, 11) is 0. The van der Waals surface area contributed by atoms with Crippen LogP contribution in [0, 0.1) is 45.3 Å². The molecule has 0 N–H and O–H groups in total. The van der Waals surface area contributed by atoms with Gasteiger partial charge < -0.3 is 18.3 Å². The number of nitrogens with zero attached hydrogens (tertiary/aromatic N) is 8. The summed E-state index contributed by atoms with van der Waals surface area (Å²) < 4.78 is 9.51. The second kappa shape index (κ2) is 26.9. The molecule has 114 heavy (non-hydrogen) atoms. The van der Waals surface area contributed by atoms with Gasteiger partial charge in [0.25, 0.3) is 0 Å². The van der Waals surface area contributed by atoms with Gasteiger partial charge in [0.1, 0.15) is 24.3 Å². The molecular weight excluding hydrogens is 1390 g/mol. The van der Waals surface area contributed by atoms with Gasteiger partial charge in [-0.2, -0.15) is 21.0 Å². The average Bonchev–Trinajstić information content (AvgIpc) is 1.60. The highest BCUT2D eigenvalue weighted by Crippen LogP contribution is 2.48. The van der Waals surface area contributed by atoms with Gasteiger partial charge in [0.05, 0.1) is 66.4 Å². The Hall–Kier alpha value is -16.1. The fourth-order valence-electron chi connectivity index (χ4n) is 17.6. The third kappa shape index (κ3) is 10.9. The topological polar surface area (TPSA) is 115 Å². The SMILES string of the molecule is N#Cc1ccc(-c2cccc(-c3cc(-c4cccc(-n5c6ccccc6c6cc(-c7ccc8c(c7)c7ccccc7n8-c7ccccc7)ccc65)c4)c(-c4cccc(-c5ccc(C#N)c(C#N)c5)c4)cc3-c3cccc(-n4c5ccccc5c5cc(-c6ccc7c(c6)c6ccccc6n7-c6ccccc6)ccc54)c3)c2)cc1C#N. The van der Waals surface area contributed by atoms with Crippen LogP contribution in [0.25, 0.3) is 199 Å². The second-order valence-electron chi connectivity index (χ2n) is 29.2. The first-order chi connectivity index (χ1) is 56.3. The Morgan fingerprint density at radius 3 is 0.711 bits per heavy atom. The predicted octanol–water partition coefficient (Wildman–Crippen LogP) is 26.9. The van der Waals surface area contributed by atoms with E-state index in [9.17, 15) is 21.0 Å². The normalized spacial score (nSPS) is 11.5. The Bertz CT molecular complexity index is 7330. The molecule has 21 rings (SSSR count). The van der Waals surface area contributed by atoms with E-state index in [1.807, 2.05) is 24.3 Å². The molecule has 0 aliphatic heterocycles. The minimum Gasteiger partial charge on any atom is -0.309 e. The van der Waals surface area contributed by atoms with Crippen molar-refractivity contribution < 1.29 is 0 Å². The molecule has 0 fully saturated rings. The van der Waals surface area contributed by atoms with Crippen molar-refractivity contribution in [3.63, 3.8) is 0 Å². The van der Waals surface area contributed by atoms with Gasteiger partial charge in [-0.3, -0.25) is 0 Å². The van der Waals surface area contributed by atoms with Crippen molar-refractivity contribution in [1.29, 1.82) is 21.0 Å². The van der Waals surface area contributed by atoms with E-state index in [0.29, 0.717) is 22.3 Å². The van der Waals surface area contributed by atoms with Gasteiger partial charge in [-0.25, -0.2) is 0 Å². The fraction of sp³-hybridized carbons (Fsp3) is 0. The molecule has 8 heteroatoms. The number of benzene rings is 17. The van der Waals surface area contributed by atoms with Crippen molar-refractivity contribution in [3.05, 3.63) is 398 Å². The van der Waals surface area contributed by atoms with E-state index < -0.39 is 0 Å². The Kier molecular flexibility index (Phi) is 15.6. The Morgan fingerprint density at radius 1 is 0.149 bits per heavy atom. The van der Waals surface area contributed by atoms with E-state index >= 15 is 0 Å². The van der Waals surface area contributed by atoms with Crippen LogP contribution in [0.1, 0.15) is 22.3 Å². The molecule has 8 nitrogen and oxygen atoms in total. The van der Waals surface area contributed by atoms with Gasteiger partial charge >= 0.3 is 0 Å². The summed E-state index contributed by atoms with van der Waals surface area (Å²) in [5.41, 5.74) is 30.1. The van der Waals surface area contributed by atoms with Crippen LogP contribution in [0.3, 0.4) is 0 Å². The van der Waals surface area contributed by atoms with Crippen LogP contribution in [0.4, 0.5) is 0 Å². The number of hydrogen-bond donors (Lipinski definition) is 0. The van der Waals surface area contributed by atoms with E-state index in [1.165, 1.54) is 32.6 Å². The minimum atomic E-state index is 0.313. The second-order valence-corrected chi connectivity index (χ2v) is 29.2. The van der Waals surface area contributed by atoms with Gasteiger partial charge in [0, 0.05) is 65.8 Å². The summed E-state index contributed by atoms with van der Waals surface area (Å²) in [5, 5.41) is 50.2. The number of rotatable bonds is 12. The van der Waals surface area contributed by atoms with Gasteiger partial charge in [-0.05, 0) is 259 Å². The van der Waals surface area contributed by atoms with Crippen LogP contribution in [-0.4, -0.2) is 18.3 Å². The summed E-state index contributed by atoms with van der Waals surface area (Å²) in [6.07, 6.45) is 0. The number of hydrogen-bond acceptors (Lipinski definition) is 4. The van der Waals surface area contributed by atoms with E-state index in [0.717, 1.165) is 166 Å². The van der Waals surface area contributed by atoms with Crippen molar-refractivity contribution in [2.24, 2.45) is 0 Å². The van der Waals surface area contributed by atoms with Gasteiger partial charge in [0.2, 0.25) is 0 Å². The molecule has 0 atom stereocenters. The number of para-hydroxylation sites is 6. The van der Waals surface area contributed by atoms with E-state index in [2.05, 4.69) is 382 Å². The molecule has 21 aromatic rings. The van der Waals surface area contributed by atoms with E-state index in [1.54, 1.807) is 12.1 Å². The molecule has 526 valence electrons. The van der Waals surface area contributed by atoms with Crippen molar-refractivity contribution in [1.82, 2.24) is 18.3 Å². The molecule has 17 aromatic carbocycles. The summed E-state index contributed by atoms with van der Waals surface area (Å²) in [6.45, 7) is 0.